The van der Waals surface area contributed by atoms with Crippen LogP contribution in [0.3, 0.4) is 0 Å². The van der Waals surface area contributed by atoms with Crippen LogP contribution in [0.4, 0.5) is 0 Å². The second kappa shape index (κ2) is 8.53. The molecule has 0 unspecified atom stereocenters. The number of ketones is 1. The minimum atomic E-state index is -0.679. The molecule has 1 amide bonds. The fourth-order valence-electron chi connectivity index (χ4n) is 3.61. The SMILES string of the molecule is Cc1ncc(/C(O)=C2\C(=O)C(=O)N(CCCN(C)C)[C@H]2c2ccccc2)c(C)n1. The van der Waals surface area contributed by atoms with Crippen LogP contribution < -0.4 is 0 Å². The third-order valence-electron chi connectivity index (χ3n) is 5.01. The number of carbonyl (C=O) groups excluding carboxylic acids is 2. The maximum absolute atomic E-state index is 12.9. The van der Waals surface area contributed by atoms with Gasteiger partial charge in [-0.3, -0.25) is 9.59 Å². The summed E-state index contributed by atoms with van der Waals surface area (Å²) >= 11 is 0. The molecule has 152 valence electrons. The van der Waals surface area contributed by atoms with Crippen LogP contribution in [0, 0.1) is 13.8 Å². The van der Waals surface area contributed by atoms with E-state index in [0.717, 1.165) is 18.5 Å². The van der Waals surface area contributed by atoms with E-state index in [4.69, 9.17) is 0 Å². The predicted octanol–water partition coefficient (Wildman–Crippen LogP) is 2.47. The molecule has 29 heavy (non-hydrogen) atoms. The van der Waals surface area contributed by atoms with Gasteiger partial charge in [-0.15, -0.1) is 0 Å². The van der Waals surface area contributed by atoms with Gasteiger partial charge in [0.05, 0.1) is 22.9 Å². The molecular formula is C22H26N4O3. The van der Waals surface area contributed by atoms with Gasteiger partial charge in [0.1, 0.15) is 11.6 Å². The lowest BCUT2D eigenvalue weighted by Crippen LogP contribution is -2.32. The van der Waals surface area contributed by atoms with Crippen molar-refractivity contribution in [3.63, 3.8) is 0 Å². The summed E-state index contributed by atoms with van der Waals surface area (Å²) in [5.41, 5.74) is 1.79. The fraction of sp³-hybridized carbons (Fsp3) is 0.364. The highest BCUT2D eigenvalue weighted by Crippen LogP contribution is 2.39. The predicted molar refractivity (Wildman–Crippen MR) is 110 cm³/mol. The van der Waals surface area contributed by atoms with Crippen molar-refractivity contribution < 1.29 is 14.7 Å². The van der Waals surface area contributed by atoms with Crippen LogP contribution in [0.5, 0.6) is 0 Å². The molecule has 0 saturated carbocycles. The first-order chi connectivity index (χ1) is 13.8. The van der Waals surface area contributed by atoms with Crippen LogP contribution in [-0.2, 0) is 9.59 Å². The van der Waals surface area contributed by atoms with Gasteiger partial charge in [-0.2, -0.15) is 0 Å². The van der Waals surface area contributed by atoms with Crippen molar-refractivity contribution in [3.8, 4) is 0 Å². The minimum absolute atomic E-state index is 0.0848. The average molecular weight is 394 g/mol. The van der Waals surface area contributed by atoms with Gasteiger partial charge in [0, 0.05) is 12.7 Å². The molecule has 1 aromatic heterocycles. The van der Waals surface area contributed by atoms with Crippen molar-refractivity contribution in [3.05, 3.63) is 64.7 Å². The van der Waals surface area contributed by atoms with Gasteiger partial charge in [-0.25, -0.2) is 9.97 Å². The Balaban J connectivity index is 2.10. The fourth-order valence-corrected chi connectivity index (χ4v) is 3.61. The minimum Gasteiger partial charge on any atom is -0.507 e. The van der Waals surface area contributed by atoms with E-state index in [1.165, 1.54) is 6.20 Å². The summed E-state index contributed by atoms with van der Waals surface area (Å²) in [4.78, 5) is 37.8. The van der Waals surface area contributed by atoms with Crippen LogP contribution in [-0.4, -0.2) is 63.7 Å². The van der Waals surface area contributed by atoms with E-state index in [2.05, 4.69) is 9.97 Å². The Morgan fingerprint density at radius 1 is 1.17 bits per heavy atom. The average Bonchev–Trinajstić information content (AvgIpc) is 2.93. The number of carbonyl (C=O) groups is 2. The number of likely N-dealkylation sites (tertiary alicyclic amines) is 1. The van der Waals surface area contributed by atoms with Crippen molar-refractivity contribution in [1.29, 1.82) is 0 Å². The second-order valence-corrected chi connectivity index (χ2v) is 7.48. The lowest BCUT2D eigenvalue weighted by molar-refractivity contribution is -0.139. The van der Waals surface area contributed by atoms with Gasteiger partial charge >= 0.3 is 0 Å². The Morgan fingerprint density at radius 3 is 2.48 bits per heavy atom. The van der Waals surface area contributed by atoms with Gasteiger partial charge in [0.15, 0.2) is 0 Å². The number of amides is 1. The zero-order valence-electron chi connectivity index (χ0n) is 17.2. The van der Waals surface area contributed by atoms with Gasteiger partial charge in [-0.05, 0) is 46.5 Å². The van der Waals surface area contributed by atoms with Gasteiger partial charge in [-0.1, -0.05) is 30.3 Å². The highest BCUT2D eigenvalue weighted by atomic mass is 16.3. The van der Waals surface area contributed by atoms with Crippen molar-refractivity contribution >= 4 is 17.4 Å². The number of aliphatic hydroxyl groups excluding tert-OH is 1. The van der Waals surface area contributed by atoms with Crippen LogP contribution in [0.2, 0.25) is 0 Å². The molecule has 1 aliphatic rings. The third kappa shape index (κ3) is 4.19. The van der Waals surface area contributed by atoms with Crippen LogP contribution in [0.1, 0.15) is 35.1 Å². The number of Topliss-reactive ketones (excluding diaryl/α,β-unsaturated/α-hetero) is 1. The Morgan fingerprint density at radius 2 is 1.86 bits per heavy atom. The molecular weight excluding hydrogens is 368 g/mol. The molecule has 1 saturated heterocycles. The maximum Gasteiger partial charge on any atom is 0.295 e. The molecule has 7 nitrogen and oxygen atoms in total. The smallest absolute Gasteiger partial charge is 0.295 e. The summed E-state index contributed by atoms with van der Waals surface area (Å²) < 4.78 is 0. The van der Waals surface area contributed by atoms with Crippen LogP contribution in [0.15, 0.2) is 42.1 Å². The Bertz CT molecular complexity index is 954. The number of aromatic nitrogens is 2. The quantitative estimate of drug-likeness (QED) is 0.460. The first-order valence-corrected chi connectivity index (χ1v) is 9.60. The van der Waals surface area contributed by atoms with Gasteiger partial charge < -0.3 is 14.9 Å². The van der Waals surface area contributed by atoms with E-state index in [9.17, 15) is 14.7 Å². The molecule has 3 rings (SSSR count). The molecule has 1 aromatic carbocycles. The zero-order chi connectivity index (χ0) is 21.1. The van der Waals surface area contributed by atoms with Gasteiger partial charge in [0.25, 0.3) is 11.7 Å². The Hall–Kier alpha value is -3.06. The standard InChI is InChI=1S/C22H26N4O3/c1-14-17(13-23-15(2)24-14)20(27)18-19(16-9-6-5-7-10-16)26(22(29)21(18)28)12-8-11-25(3)4/h5-7,9-10,13,19,27H,8,11-12H2,1-4H3/b20-18+/t19-/m0/s1. The monoisotopic (exact) mass is 394 g/mol. The molecule has 1 atom stereocenters. The summed E-state index contributed by atoms with van der Waals surface area (Å²) in [6.07, 6.45) is 2.21. The lowest BCUT2D eigenvalue weighted by atomic mass is 9.95. The first-order valence-electron chi connectivity index (χ1n) is 9.60. The van der Waals surface area contributed by atoms with E-state index in [1.54, 1.807) is 18.7 Å². The molecule has 2 aromatic rings. The van der Waals surface area contributed by atoms with E-state index in [1.807, 2.05) is 49.3 Å². The van der Waals surface area contributed by atoms with E-state index >= 15 is 0 Å². The second-order valence-electron chi connectivity index (χ2n) is 7.48. The van der Waals surface area contributed by atoms with Crippen molar-refractivity contribution in [2.45, 2.75) is 26.3 Å². The Labute approximate surface area is 170 Å². The molecule has 1 aliphatic heterocycles. The molecule has 0 bridgehead atoms. The molecule has 1 N–H and O–H groups in total. The number of aliphatic hydroxyl groups is 1. The van der Waals surface area contributed by atoms with E-state index in [-0.39, 0.29) is 11.3 Å². The van der Waals surface area contributed by atoms with Gasteiger partial charge in [0.2, 0.25) is 0 Å². The van der Waals surface area contributed by atoms with E-state index in [0.29, 0.717) is 23.6 Å². The van der Waals surface area contributed by atoms with E-state index < -0.39 is 17.7 Å². The molecule has 2 heterocycles. The molecule has 0 spiro atoms. The van der Waals surface area contributed by atoms with Crippen molar-refractivity contribution in [1.82, 2.24) is 19.8 Å². The highest BCUT2D eigenvalue weighted by molar-refractivity contribution is 6.46. The number of aryl methyl sites for hydroxylation is 2. The number of hydrogen-bond donors (Lipinski definition) is 1. The maximum atomic E-state index is 12.9. The number of hydrogen-bond acceptors (Lipinski definition) is 6. The number of rotatable bonds is 6. The van der Waals surface area contributed by atoms with Crippen molar-refractivity contribution in [2.75, 3.05) is 27.2 Å². The summed E-state index contributed by atoms with van der Waals surface area (Å²) in [6, 6.07) is 8.67. The molecule has 7 heteroatoms. The normalized spacial score (nSPS) is 18.7. The largest absolute Gasteiger partial charge is 0.507 e. The number of benzene rings is 1. The highest BCUT2D eigenvalue weighted by Gasteiger charge is 2.45. The molecule has 0 radical (unpaired) electrons. The first kappa shape index (κ1) is 20.7. The Kier molecular flexibility index (Phi) is 6.08. The zero-order valence-corrected chi connectivity index (χ0v) is 17.2. The van der Waals surface area contributed by atoms with Crippen LogP contribution in [0.25, 0.3) is 5.76 Å². The summed E-state index contributed by atoms with van der Waals surface area (Å²) in [5, 5.41) is 11.0. The summed E-state index contributed by atoms with van der Waals surface area (Å²) in [7, 11) is 3.92. The summed E-state index contributed by atoms with van der Waals surface area (Å²) in [6.45, 7) is 4.71. The van der Waals surface area contributed by atoms with Crippen molar-refractivity contribution in [2.24, 2.45) is 0 Å². The topological polar surface area (TPSA) is 86.6 Å². The molecule has 0 aliphatic carbocycles. The summed E-state index contributed by atoms with van der Waals surface area (Å²) in [5.74, 6) is -0.932. The molecule has 1 fully saturated rings. The lowest BCUT2D eigenvalue weighted by Gasteiger charge is -2.26. The van der Waals surface area contributed by atoms with Crippen LogP contribution >= 0.6 is 0 Å². The number of nitrogens with zero attached hydrogens (tertiary/aromatic N) is 4. The third-order valence-corrected chi connectivity index (χ3v) is 5.01.